The summed E-state index contributed by atoms with van der Waals surface area (Å²) < 4.78 is 22.4. The van der Waals surface area contributed by atoms with Gasteiger partial charge in [0.05, 0.1) is 16.4 Å². The molecular weight excluding hydrogens is 246 g/mol. The van der Waals surface area contributed by atoms with Crippen molar-refractivity contribution in [3.8, 4) is 0 Å². The number of nitro groups is 1. The second-order valence-electron chi connectivity index (χ2n) is 3.90. The molecule has 0 amide bonds. The van der Waals surface area contributed by atoms with Crippen LogP contribution >= 0.6 is 0 Å². The van der Waals surface area contributed by atoms with E-state index in [9.17, 15) is 18.5 Å². The van der Waals surface area contributed by atoms with E-state index in [-0.39, 0.29) is 23.2 Å². The van der Waals surface area contributed by atoms with E-state index >= 15 is 0 Å². The summed E-state index contributed by atoms with van der Waals surface area (Å²) in [5.74, 6) is 0.723. The van der Waals surface area contributed by atoms with Crippen molar-refractivity contribution in [1.82, 2.24) is 4.98 Å². The predicted octanol–water partition coefficient (Wildman–Crippen LogP) is 0.589. The van der Waals surface area contributed by atoms with Gasteiger partial charge in [0.2, 0.25) is 0 Å². The monoisotopic (exact) mass is 257 g/mol. The molecule has 8 heteroatoms. The lowest BCUT2D eigenvalue weighted by Gasteiger charge is -2.10. The molecule has 1 aromatic heterocycles. The summed E-state index contributed by atoms with van der Waals surface area (Å²) >= 11 is 0. The van der Waals surface area contributed by atoms with E-state index < -0.39 is 14.8 Å². The smallest absolute Gasteiger partial charge is 0.287 e. The fourth-order valence-electron chi connectivity index (χ4n) is 1.70. The number of sulfone groups is 1. The minimum Gasteiger partial charge on any atom is -0.366 e. The van der Waals surface area contributed by atoms with Gasteiger partial charge >= 0.3 is 0 Å². The lowest BCUT2D eigenvalue weighted by Crippen LogP contribution is -2.21. The summed E-state index contributed by atoms with van der Waals surface area (Å²) in [4.78, 5) is 13.7. The highest BCUT2D eigenvalue weighted by atomic mass is 32.2. The van der Waals surface area contributed by atoms with Gasteiger partial charge in [0.25, 0.3) is 5.69 Å². The van der Waals surface area contributed by atoms with Crippen molar-refractivity contribution < 1.29 is 13.3 Å². The first-order valence-corrected chi connectivity index (χ1v) is 6.86. The van der Waals surface area contributed by atoms with Crippen LogP contribution in [0.15, 0.2) is 18.3 Å². The van der Waals surface area contributed by atoms with Gasteiger partial charge in [0, 0.05) is 12.1 Å². The molecule has 0 radical (unpaired) electrons. The number of hydrogen-bond donors (Lipinski definition) is 1. The lowest BCUT2D eigenvalue weighted by molar-refractivity contribution is -0.385. The van der Waals surface area contributed by atoms with Crippen LogP contribution in [0.25, 0.3) is 0 Å². The van der Waals surface area contributed by atoms with Crippen LogP contribution in [-0.4, -0.2) is 35.9 Å². The number of anilines is 1. The Balaban J connectivity index is 2.03. The van der Waals surface area contributed by atoms with Crippen molar-refractivity contribution in [2.45, 2.75) is 12.5 Å². The largest absolute Gasteiger partial charge is 0.366 e. The number of nitrogens with one attached hydrogen (secondary N) is 1. The van der Waals surface area contributed by atoms with E-state index in [1.54, 1.807) is 0 Å². The number of rotatable bonds is 3. The third-order valence-corrected chi connectivity index (χ3v) is 4.31. The van der Waals surface area contributed by atoms with Gasteiger partial charge in [-0.15, -0.1) is 0 Å². The van der Waals surface area contributed by atoms with E-state index in [0.717, 1.165) is 6.20 Å². The summed E-state index contributed by atoms with van der Waals surface area (Å²) in [7, 11) is -2.94. The third-order valence-electron chi connectivity index (χ3n) is 2.54. The van der Waals surface area contributed by atoms with Crippen LogP contribution in [0.5, 0.6) is 0 Å². The van der Waals surface area contributed by atoms with Crippen LogP contribution in [0.1, 0.15) is 6.42 Å². The summed E-state index contributed by atoms with van der Waals surface area (Å²) in [5.41, 5.74) is -0.0883. The zero-order valence-corrected chi connectivity index (χ0v) is 9.68. The van der Waals surface area contributed by atoms with Gasteiger partial charge in [-0.25, -0.2) is 13.4 Å². The van der Waals surface area contributed by atoms with Crippen molar-refractivity contribution >= 4 is 21.3 Å². The standard InChI is InChI=1S/C9H11N3O4S/c13-12(14)8-1-2-9(10-5-8)11-7-3-4-17(15,16)6-7/h1-2,5,7H,3-4,6H2,(H,10,11). The van der Waals surface area contributed by atoms with Gasteiger partial charge in [-0.2, -0.15) is 0 Å². The zero-order chi connectivity index (χ0) is 12.5. The molecule has 0 bridgehead atoms. The minimum atomic E-state index is -2.94. The topological polar surface area (TPSA) is 102 Å². The molecule has 1 unspecified atom stereocenters. The highest BCUT2D eigenvalue weighted by molar-refractivity contribution is 7.91. The molecule has 1 saturated heterocycles. The Morgan fingerprint density at radius 1 is 1.47 bits per heavy atom. The number of hydrogen-bond acceptors (Lipinski definition) is 6. The molecule has 1 aliphatic rings. The first kappa shape index (κ1) is 11.8. The quantitative estimate of drug-likeness (QED) is 0.628. The van der Waals surface area contributed by atoms with Gasteiger partial charge < -0.3 is 5.32 Å². The maximum Gasteiger partial charge on any atom is 0.287 e. The Morgan fingerprint density at radius 2 is 2.24 bits per heavy atom. The van der Waals surface area contributed by atoms with Crippen LogP contribution in [0, 0.1) is 10.1 Å². The molecule has 1 N–H and O–H groups in total. The Bertz CT molecular complexity index is 526. The minimum absolute atomic E-state index is 0.0883. The SMILES string of the molecule is O=[N+]([O-])c1ccc(NC2CCS(=O)(=O)C2)nc1. The Hall–Kier alpha value is -1.70. The third kappa shape index (κ3) is 2.90. The molecule has 0 aromatic carbocycles. The van der Waals surface area contributed by atoms with E-state index in [4.69, 9.17) is 0 Å². The molecule has 1 fully saturated rings. The van der Waals surface area contributed by atoms with Gasteiger partial charge in [0.1, 0.15) is 12.0 Å². The van der Waals surface area contributed by atoms with E-state index in [1.807, 2.05) is 0 Å². The van der Waals surface area contributed by atoms with Crippen molar-refractivity contribution in [3.63, 3.8) is 0 Å². The molecule has 1 atom stereocenters. The van der Waals surface area contributed by atoms with Gasteiger partial charge in [-0.05, 0) is 12.5 Å². The van der Waals surface area contributed by atoms with E-state index in [0.29, 0.717) is 12.2 Å². The number of nitrogens with zero attached hydrogens (tertiary/aromatic N) is 2. The second-order valence-corrected chi connectivity index (χ2v) is 6.13. The zero-order valence-electron chi connectivity index (χ0n) is 8.87. The van der Waals surface area contributed by atoms with Crippen LogP contribution in [0.3, 0.4) is 0 Å². The second kappa shape index (κ2) is 4.28. The van der Waals surface area contributed by atoms with Crippen molar-refractivity contribution in [1.29, 1.82) is 0 Å². The molecule has 0 spiro atoms. The summed E-state index contributed by atoms with van der Waals surface area (Å²) in [6.07, 6.45) is 1.69. The lowest BCUT2D eigenvalue weighted by atomic mass is 10.2. The average Bonchev–Trinajstić information content (AvgIpc) is 2.59. The number of aromatic nitrogens is 1. The van der Waals surface area contributed by atoms with Crippen LogP contribution < -0.4 is 5.32 Å². The Morgan fingerprint density at radius 3 is 2.71 bits per heavy atom. The Kier molecular flexibility index (Phi) is 2.97. The summed E-state index contributed by atoms with van der Waals surface area (Å²) in [6.45, 7) is 0. The van der Waals surface area contributed by atoms with Crippen molar-refractivity contribution in [2.24, 2.45) is 0 Å². The van der Waals surface area contributed by atoms with E-state index in [2.05, 4.69) is 10.3 Å². The average molecular weight is 257 g/mol. The van der Waals surface area contributed by atoms with Gasteiger partial charge in [-0.1, -0.05) is 0 Å². The van der Waals surface area contributed by atoms with Crippen LogP contribution in [-0.2, 0) is 9.84 Å². The molecule has 2 heterocycles. The molecule has 92 valence electrons. The predicted molar refractivity (Wildman–Crippen MR) is 61.6 cm³/mol. The fraction of sp³-hybridized carbons (Fsp3) is 0.444. The maximum atomic E-state index is 11.2. The Labute approximate surface area is 97.9 Å². The summed E-state index contributed by atoms with van der Waals surface area (Å²) in [5, 5.41) is 13.4. The van der Waals surface area contributed by atoms with Gasteiger partial charge in [-0.3, -0.25) is 10.1 Å². The molecule has 7 nitrogen and oxygen atoms in total. The maximum absolute atomic E-state index is 11.2. The molecule has 17 heavy (non-hydrogen) atoms. The normalized spacial score (nSPS) is 22.2. The first-order chi connectivity index (χ1) is 7.96. The van der Waals surface area contributed by atoms with Gasteiger partial charge in [0.15, 0.2) is 9.84 Å². The van der Waals surface area contributed by atoms with Crippen LogP contribution in [0.2, 0.25) is 0 Å². The molecule has 0 saturated carbocycles. The first-order valence-electron chi connectivity index (χ1n) is 5.04. The molecule has 1 aromatic rings. The molecular formula is C9H11N3O4S. The summed E-state index contributed by atoms with van der Waals surface area (Å²) in [6, 6.07) is 2.65. The van der Waals surface area contributed by atoms with Crippen molar-refractivity contribution in [3.05, 3.63) is 28.4 Å². The van der Waals surface area contributed by atoms with Crippen LogP contribution in [0.4, 0.5) is 11.5 Å². The highest BCUT2D eigenvalue weighted by Gasteiger charge is 2.27. The van der Waals surface area contributed by atoms with Crippen molar-refractivity contribution in [2.75, 3.05) is 16.8 Å². The molecule has 2 rings (SSSR count). The molecule has 1 aliphatic heterocycles. The highest BCUT2D eigenvalue weighted by Crippen LogP contribution is 2.17. The van der Waals surface area contributed by atoms with E-state index in [1.165, 1.54) is 12.1 Å². The molecule has 0 aliphatic carbocycles. The fourth-order valence-corrected chi connectivity index (χ4v) is 3.37. The number of pyridine rings is 1.